The molecule has 2 atom stereocenters. The van der Waals surface area contributed by atoms with E-state index in [4.69, 9.17) is 5.26 Å². The molecule has 0 aromatic carbocycles. The maximum Gasteiger partial charge on any atom is 0.162 e. The molecule has 0 heterocycles. The molecule has 0 rings (SSSR count). The summed E-state index contributed by atoms with van der Waals surface area (Å²) in [6.07, 6.45) is 0.124. The Bertz CT molecular complexity index is 169. The van der Waals surface area contributed by atoms with Crippen molar-refractivity contribution in [3.8, 4) is 0 Å². The maximum atomic E-state index is 11.1. The van der Waals surface area contributed by atoms with E-state index in [1.807, 2.05) is 27.7 Å². The Balaban J connectivity index is 4.63. The lowest BCUT2D eigenvalue weighted by molar-refractivity contribution is -0.287. The van der Waals surface area contributed by atoms with Crippen molar-refractivity contribution in [1.29, 1.82) is 0 Å². The molecule has 3 heteroatoms. The highest BCUT2D eigenvalue weighted by atomic mass is 17.1. The third-order valence-electron chi connectivity index (χ3n) is 2.43. The van der Waals surface area contributed by atoms with Gasteiger partial charge in [-0.1, -0.05) is 27.7 Å². The first-order valence-electron chi connectivity index (χ1n) is 4.65. The summed E-state index contributed by atoms with van der Waals surface area (Å²) in [4.78, 5) is 15.4. The van der Waals surface area contributed by atoms with Gasteiger partial charge in [-0.3, -0.25) is 10.1 Å². The second-order valence-corrected chi connectivity index (χ2v) is 4.52. The first-order valence-corrected chi connectivity index (χ1v) is 4.65. The lowest BCUT2D eigenvalue weighted by Crippen LogP contribution is -2.37. The van der Waals surface area contributed by atoms with Crippen LogP contribution in [0.25, 0.3) is 0 Å². The molecular formula is C10H20O3. The van der Waals surface area contributed by atoms with E-state index in [0.29, 0.717) is 0 Å². The first kappa shape index (κ1) is 12.6. The molecule has 0 aliphatic rings. The van der Waals surface area contributed by atoms with Gasteiger partial charge in [-0.25, -0.2) is 4.89 Å². The molecule has 0 fully saturated rings. The maximum absolute atomic E-state index is 11.1. The minimum absolute atomic E-state index is 0.0339. The van der Waals surface area contributed by atoms with Gasteiger partial charge in [-0.15, -0.1) is 0 Å². The Labute approximate surface area is 80.0 Å². The fourth-order valence-electron chi connectivity index (χ4n) is 1.71. The molecule has 1 N–H and O–H groups in total. The fourth-order valence-corrected chi connectivity index (χ4v) is 1.71. The largest absolute Gasteiger partial charge is 0.297 e. The van der Waals surface area contributed by atoms with Gasteiger partial charge >= 0.3 is 0 Å². The number of carbonyl (C=O) groups is 1. The van der Waals surface area contributed by atoms with Gasteiger partial charge in [0.15, 0.2) is 11.9 Å². The van der Waals surface area contributed by atoms with Gasteiger partial charge in [0.25, 0.3) is 0 Å². The average Bonchev–Trinajstić information content (AvgIpc) is 1.96. The zero-order valence-corrected chi connectivity index (χ0v) is 9.13. The lowest BCUT2D eigenvalue weighted by atomic mass is 9.75. The monoisotopic (exact) mass is 188 g/mol. The van der Waals surface area contributed by atoms with Crippen LogP contribution in [0.2, 0.25) is 0 Å². The van der Waals surface area contributed by atoms with E-state index >= 15 is 0 Å². The van der Waals surface area contributed by atoms with Crippen LogP contribution in [-0.4, -0.2) is 17.1 Å². The van der Waals surface area contributed by atoms with Crippen LogP contribution in [0.3, 0.4) is 0 Å². The molecule has 78 valence electrons. The van der Waals surface area contributed by atoms with Crippen LogP contribution in [0.5, 0.6) is 0 Å². The van der Waals surface area contributed by atoms with Gasteiger partial charge in [0.2, 0.25) is 0 Å². The van der Waals surface area contributed by atoms with Crippen molar-refractivity contribution in [2.45, 2.75) is 47.1 Å². The van der Waals surface area contributed by atoms with Crippen molar-refractivity contribution in [3.05, 3.63) is 0 Å². The number of carbonyl (C=O) groups excluding carboxylic acids is 1. The van der Waals surface area contributed by atoms with Gasteiger partial charge in [-0.2, -0.15) is 0 Å². The summed E-state index contributed by atoms with van der Waals surface area (Å²) in [5, 5.41) is 8.64. The van der Waals surface area contributed by atoms with E-state index in [0.717, 1.165) is 6.42 Å². The topological polar surface area (TPSA) is 46.5 Å². The van der Waals surface area contributed by atoms with Crippen molar-refractivity contribution in [2.24, 2.45) is 11.3 Å². The van der Waals surface area contributed by atoms with Gasteiger partial charge in [0.05, 0.1) is 0 Å². The molecule has 0 saturated heterocycles. The molecule has 0 aromatic heterocycles. The van der Waals surface area contributed by atoms with Gasteiger partial charge in [0, 0.05) is 5.92 Å². The Morgan fingerprint density at radius 3 is 2.00 bits per heavy atom. The van der Waals surface area contributed by atoms with Crippen LogP contribution in [-0.2, 0) is 9.68 Å². The summed E-state index contributed by atoms with van der Waals surface area (Å²) in [7, 11) is 0. The third kappa shape index (κ3) is 3.44. The minimum Gasteiger partial charge on any atom is -0.297 e. The normalized spacial score (nSPS) is 16.8. The highest BCUT2D eigenvalue weighted by Gasteiger charge is 2.34. The molecule has 0 aliphatic heterocycles. The predicted molar refractivity (Wildman–Crippen MR) is 51.4 cm³/mol. The van der Waals surface area contributed by atoms with Gasteiger partial charge < -0.3 is 0 Å². The summed E-state index contributed by atoms with van der Waals surface area (Å²) in [6.45, 7) is 9.54. The third-order valence-corrected chi connectivity index (χ3v) is 2.43. The number of rotatable bonds is 4. The Morgan fingerprint density at radius 2 is 1.92 bits per heavy atom. The standard InChI is InChI=1S/C10H20O3/c1-6-8(10(3,4)5)9(13-12)7(2)11/h8-9,12H,6H2,1-5H3. The molecule has 0 saturated carbocycles. The van der Waals surface area contributed by atoms with Crippen molar-refractivity contribution in [1.82, 2.24) is 0 Å². The first-order chi connectivity index (χ1) is 5.84. The molecular weight excluding hydrogens is 168 g/mol. The van der Waals surface area contributed by atoms with E-state index in [1.54, 1.807) is 0 Å². The molecule has 0 spiro atoms. The predicted octanol–water partition coefficient (Wildman–Crippen LogP) is 2.51. The highest BCUT2D eigenvalue weighted by molar-refractivity contribution is 5.80. The van der Waals surface area contributed by atoms with Gasteiger partial charge in [-0.05, 0) is 18.8 Å². The van der Waals surface area contributed by atoms with Crippen molar-refractivity contribution in [2.75, 3.05) is 0 Å². The molecule has 0 aromatic rings. The second-order valence-electron chi connectivity index (χ2n) is 4.52. The molecule has 0 amide bonds. The molecule has 0 bridgehead atoms. The zero-order valence-electron chi connectivity index (χ0n) is 9.13. The van der Waals surface area contributed by atoms with E-state index < -0.39 is 6.10 Å². The van der Waals surface area contributed by atoms with E-state index in [-0.39, 0.29) is 17.1 Å². The van der Waals surface area contributed by atoms with Crippen LogP contribution in [0.15, 0.2) is 0 Å². The minimum atomic E-state index is -0.690. The smallest absolute Gasteiger partial charge is 0.162 e. The average molecular weight is 188 g/mol. The Morgan fingerprint density at radius 1 is 1.46 bits per heavy atom. The Hall–Kier alpha value is -0.410. The quantitative estimate of drug-likeness (QED) is 0.544. The highest BCUT2D eigenvalue weighted by Crippen LogP contribution is 2.32. The van der Waals surface area contributed by atoms with Gasteiger partial charge in [0.1, 0.15) is 0 Å². The van der Waals surface area contributed by atoms with Crippen molar-refractivity contribution < 1.29 is 14.9 Å². The fraction of sp³-hybridized carbons (Fsp3) is 0.900. The van der Waals surface area contributed by atoms with Crippen LogP contribution in [0.1, 0.15) is 41.0 Å². The SMILES string of the molecule is CCC(C(OO)C(C)=O)C(C)(C)C. The summed E-state index contributed by atoms with van der Waals surface area (Å²) < 4.78 is 0. The van der Waals surface area contributed by atoms with Crippen molar-refractivity contribution >= 4 is 5.78 Å². The number of Topliss-reactive ketones (excluding diaryl/α,β-unsaturated/α-hetero) is 1. The lowest BCUT2D eigenvalue weighted by Gasteiger charge is -2.33. The number of hydrogen-bond acceptors (Lipinski definition) is 3. The molecule has 2 unspecified atom stereocenters. The molecule has 13 heavy (non-hydrogen) atoms. The van der Waals surface area contributed by atoms with E-state index in [9.17, 15) is 4.79 Å². The van der Waals surface area contributed by atoms with Crippen LogP contribution < -0.4 is 0 Å². The molecule has 0 aliphatic carbocycles. The number of hydrogen-bond donors (Lipinski definition) is 1. The van der Waals surface area contributed by atoms with E-state index in [2.05, 4.69) is 4.89 Å². The van der Waals surface area contributed by atoms with Crippen LogP contribution >= 0.6 is 0 Å². The summed E-state index contributed by atoms with van der Waals surface area (Å²) in [6, 6.07) is 0. The van der Waals surface area contributed by atoms with E-state index in [1.165, 1.54) is 6.92 Å². The molecule has 0 radical (unpaired) electrons. The summed E-state index contributed by atoms with van der Waals surface area (Å²) in [5.74, 6) is -0.0701. The van der Waals surface area contributed by atoms with Crippen molar-refractivity contribution in [3.63, 3.8) is 0 Å². The second kappa shape index (κ2) is 4.72. The summed E-state index contributed by atoms with van der Waals surface area (Å²) >= 11 is 0. The summed E-state index contributed by atoms with van der Waals surface area (Å²) in [5.41, 5.74) is -0.0339. The zero-order chi connectivity index (χ0) is 10.6. The van der Waals surface area contributed by atoms with Crippen LogP contribution in [0.4, 0.5) is 0 Å². The number of ketones is 1. The van der Waals surface area contributed by atoms with Crippen LogP contribution in [0, 0.1) is 11.3 Å². The molecule has 3 nitrogen and oxygen atoms in total. The Kier molecular flexibility index (Phi) is 4.57.